The average Bonchev–Trinajstić information content (AvgIpc) is 2.41. The molecule has 1 atom stereocenters. The van der Waals surface area contributed by atoms with Gasteiger partial charge in [0.15, 0.2) is 0 Å². The molecule has 0 aromatic carbocycles. The van der Waals surface area contributed by atoms with E-state index in [0.717, 1.165) is 6.29 Å². The molecule has 84 valence electrons. The third-order valence-corrected chi connectivity index (χ3v) is 2.33. The van der Waals surface area contributed by atoms with E-state index in [1.165, 1.54) is 9.80 Å². The van der Waals surface area contributed by atoms with E-state index in [9.17, 15) is 14.4 Å². The Morgan fingerprint density at radius 1 is 1.33 bits per heavy atom. The number of rotatable bonds is 4. The number of hydrogen-bond acceptors (Lipinski definition) is 3. The largest absolute Gasteiger partial charge is 0.327 e. The molecular weight excluding hydrogens is 196 g/mol. The van der Waals surface area contributed by atoms with Crippen molar-refractivity contribution in [3.63, 3.8) is 0 Å². The van der Waals surface area contributed by atoms with Crippen molar-refractivity contribution in [1.82, 2.24) is 9.80 Å². The molecule has 0 N–H and O–H groups in total. The van der Waals surface area contributed by atoms with Crippen LogP contribution in [0.4, 0.5) is 4.79 Å². The summed E-state index contributed by atoms with van der Waals surface area (Å²) >= 11 is 0. The Morgan fingerprint density at radius 3 is 2.33 bits per heavy atom. The summed E-state index contributed by atoms with van der Waals surface area (Å²) < 4.78 is 0. The van der Waals surface area contributed by atoms with Gasteiger partial charge in [0.25, 0.3) is 5.91 Å². The first-order chi connectivity index (χ1) is 6.97. The second-order valence-corrected chi connectivity index (χ2v) is 4.13. The zero-order valence-electron chi connectivity index (χ0n) is 9.27. The van der Waals surface area contributed by atoms with Crippen molar-refractivity contribution < 1.29 is 14.4 Å². The van der Waals surface area contributed by atoms with Crippen LogP contribution in [0.1, 0.15) is 20.8 Å². The second-order valence-electron chi connectivity index (χ2n) is 4.13. The van der Waals surface area contributed by atoms with Crippen LogP contribution >= 0.6 is 0 Å². The van der Waals surface area contributed by atoms with Crippen molar-refractivity contribution in [1.29, 1.82) is 0 Å². The molecular formula is C10H16N2O3. The van der Waals surface area contributed by atoms with Gasteiger partial charge in [-0.3, -0.25) is 9.69 Å². The van der Waals surface area contributed by atoms with Crippen LogP contribution in [-0.4, -0.2) is 47.2 Å². The first kappa shape index (κ1) is 11.7. The summed E-state index contributed by atoms with van der Waals surface area (Å²) in [5, 5.41) is 0. The fourth-order valence-electron chi connectivity index (χ4n) is 1.61. The monoisotopic (exact) mass is 212 g/mol. The standard InChI is InChI=1S/C10H16N2O3/c1-7(2)12-9(14)5-11(10(12)15)4-8(3)6-13/h6-8H,4-5H2,1-3H3. The van der Waals surface area contributed by atoms with Gasteiger partial charge < -0.3 is 9.69 Å². The molecule has 3 amide bonds. The predicted molar refractivity (Wildman–Crippen MR) is 54.2 cm³/mol. The van der Waals surface area contributed by atoms with E-state index in [1.54, 1.807) is 20.8 Å². The molecule has 0 bridgehead atoms. The SMILES string of the molecule is CC(C=O)CN1CC(=O)N(C(C)C)C1=O. The molecule has 0 aromatic heterocycles. The molecule has 0 radical (unpaired) electrons. The molecule has 1 heterocycles. The van der Waals surface area contributed by atoms with E-state index in [4.69, 9.17) is 0 Å². The van der Waals surface area contributed by atoms with Gasteiger partial charge >= 0.3 is 6.03 Å². The van der Waals surface area contributed by atoms with Gasteiger partial charge in [-0.05, 0) is 13.8 Å². The smallest absolute Gasteiger partial charge is 0.314 e. The van der Waals surface area contributed by atoms with Crippen molar-refractivity contribution in [2.45, 2.75) is 26.8 Å². The number of hydrogen-bond donors (Lipinski definition) is 0. The topological polar surface area (TPSA) is 57.7 Å². The third-order valence-electron chi connectivity index (χ3n) is 2.33. The lowest BCUT2D eigenvalue weighted by molar-refractivity contribution is -0.126. The molecule has 1 saturated heterocycles. The molecule has 1 unspecified atom stereocenters. The number of carbonyl (C=O) groups is 3. The lowest BCUT2D eigenvalue weighted by atomic mass is 10.2. The van der Waals surface area contributed by atoms with E-state index >= 15 is 0 Å². The van der Waals surface area contributed by atoms with Gasteiger partial charge in [0.2, 0.25) is 0 Å². The molecule has 5 nitrogen and oxygen atoms in total. The third kappa shape index (κ3) is 2.34. The first-order valence-corrected chi connectivity index (χ1v) is 5.03. The highest BCUT2D eigenvalue weighted by Gasteiger charge is 2.37. The summed E-state index contributed by atoms with van der Waals surface area (Å²) in [5.74, 6) is -0.415. The number of urea groups is 1. The lowest BCUT2D eigenvalue weighted by Gasteiger charge is -2.20. The summed E-state index contributed by atoms with van der Waals surface area (Å²) in [6, 6.07) is -0.412. The minimum absolute atomic E-state index is 0.0925. The summed E-state index contributed by atoms with van der Waals surface area (Å²) in [4.78, 5) is 36.3. The Labute approximate surface area is 89.0 Å². The van der Waals surface area contributed by atoms with Crippen LogP contribution in [0.15, 0.2) is 0 Å². The van der Waals surface area contributed by atoms with Crippen molar-refractivity contribution in [3.05, 3.63) is 0 Å². The van der Waals surface area contributed by atoms with Gasteiger partial charge in [0.05, 0.1) is 0 Å². The van der Waals surface area contributed by atoms with E-state index in [-0.39, 0.29) is 30.4 Å². The number of aldehydes is 1. The summed E-state index contributed by atoms with van der Waals surface area (Å²) in [6.07, 6.45) is 0.787. The number of imide groups is 1. The summed E-state index contributed by atoms with van der Waals surface area (Å²) in [6.45, 7) is 5.72. The highest BCUT2D eigenvalue weighted by atomic mass is 16.2. The Hall–Kier alpha value is -1.39. The zero-order valence-corrected chi connectivity index (χ0v) is 9.27. The maximum Gasteiger partial charge on any atom is 0.327 e. The highest BCUT2D eigenvalue weighted by molar-refractivity contribution is 6.02. The van der Waals surface area contributed by atoms with Gasteiger partial charge in [-0.25, -0.2) is 4.79 Å². The zero-order chi connectivity index (χ0) is 11.6. The van der Waals surface area contributed by atoms with Gasteiger partial charge in [-0.15, -0.1) is 0 Å². The predicted octanol–water partition coefficient (Wildman–Crippen LogP) is 0.494. The maximum atomic E-state index is 11.7. The molecule has 0 aromatic rings. The molecule has 15 heavy (non-hydrogen) atoms. The molecule has 1 fully saturated rings. The fourth-order valence-corrected chi connectivity index (χ4v) is 1.61. The molecule has 1 aliphatic heterocycles. The van der Waals surface area contributed by atoms with Crippen LogP contribution in [0.25, 0.3) is 0 Å². The normalized spacial score (nSPS) is 18.9. The minimum atomic E-state index is -0.288. The Bertz CT molecular complexity index is 288. The van der Waals surface area contributed by atoms with E-state index in [1.807, 2.05) is 0 Å². The quantitative estimate of drug-likeness (QED) is 0.503. The fraction of sp³-hybridized carbons (Fsp3) is 0.700. The molecule has 0 saturated carbocycles. The minimum Gasteiger partial charge on any atom is -0.314 e. The van der Waals surface area contributed by atoms with Crippen LogP contribution < -0.4 is 0 Å². The molecule has 0 aliphatic carbocycles. The maximum absolute atomic E-state index is 11.7. The average molecular weight is 212 g/mol. The number of amides is 3. The van der Waals surface area contributed by atoms with Crippen molar-refractivity contribution in [2.24, 2.45) is 5.92 Å². The Balaban J connectivity index is 2.69. The number of carbonyl (C=O) groups excluding carboxylic acids is 3. The van der Waals surface area contributed by atoms with Crippen molar-refractivity contribution in [2.75, 3.05) is 13.1 Å². The van der Waals surface area contributed by atoms with E-state index in [0.29, 0.717) is 6.54 Å². The van der Waals surface area contributed by atoms with Gasteiger partial charge in [0.1, 0.15) is 12.8 Å². The van der Waals surface area contributed by atoms with Crippen molar-refractivity contribution >= 4 is 18.2 Å². The Kier molecular flexibility index (Phi) is 3.44. The summed E-state index contributed by atoms with van der Waals surface area (Å²) in [7, 11) is 0. The lowest BCUT2D eigenvalue weighted by Crippen LogP contribution is -2.39. The van der Waals surface area contributed by atoms with Crippen LogP contribution in [-0.2, 0) is 9.59 Å². The number of nitrogens with zero attached hydrogens (tertiary/aromatic N) is 2. The molecule has 1 rings (SSSR count). The van der Waals surface area contributed by atoms with Gasteiger partial charge in [0, 0.05) is 18.5 Å². The highest BCUT2D eigenvalue weighted by Crippen LogP contribution is 2.14. The van der Waals surface area contributed by atoms with E-state index < -0.39 is 0 Å². The second kappa shape index (κ2) is 4.42. The van der Waals surface area contributed by atoms with Crippen LogP contribution in [0, 0.1) is 5.92 Å². The molecule has 5 heteroatoms. The van der Waals surface area contributed by atoms with E-state index in [2.05, 4.69) is 0 Å². The van der Waals surface area contributed by atoms with Gasteiger partial charge in [-0.1, -0.05) is 6.92 Å². The van der Waals surface area contributed by atoms with Crippen LogP contribution in [0.2, 0.25) is 0 Å². The van der Waals surface area contributed by atoms with Crippen molar-refractivity contribution in [3.8, 4) is 0 Å². The first-order valence-electron chi connectivity index (χ1n) is 5.03. The molecule has 1 aliphatic rings. The summed E-state index contributed by atoms with van der Waals surface area (Å²) in [5.41, 5.74) is 0. The molecule has 0 spiro atoms. The van der Waals surface area contributed by atoms with Crippen LogP contribution in [0.5, 0.6) is 0 Å². The Morgan fingerprint density at radius 2 is 1.93 bits per heavy atom. The van der Waals surface area contributed by atoms with Crippen LogP contribution in [0.3, 0.4) is 0 Å². The van der Waals surface area contributed by atoms with Gasteiger partial charge in [-0.2, -0.15) is 0 Å².